The molecule has 0 saturated heterocycles. The van der Waals surface area contributed by atoms with Crippen molar-refractivity contribution >= 4 is 0 Å². The van der Waals surface area contributed by atoms with Crippen molar-refractivity contribution < 1.29 is 4.74 Å². The molecule has 5 fully saturated rings. The van der Waals surface area contributed by atoms with Crippen LogP contribution in [-0.4, -0.2) is 18.2 Å². The largest absolute Gasteiger partial charge is 0.372 e. The Hall–Kier alpha value is -0.0800. The Balaban J connectivity index is 1.40. The highest BCUT2D eigenvalue weighted by Crippen LogP contribution is 2.57. The summed E-state index contributed by atoms with van der Waals surface area (Å²) in [6, 6.07) is 0. The Morgan fingerprint density at radius 2 is 1.37 bits per heavy atom. The molecule has 2 nitrogen and oxygen atoms in total. The molecular weight excluding hydrogens is 234 g/mol. The van der Waals surface area contributed by atoms with Crippen LogP contribution in [-0.2, 0) is 4.74 Å². The maximum Gasteiger partial charge on any atom is 0.0694 e. The van der Waals surface area contributed by atoms with E-state index in [1.54, 1.807) is 0 Å². The van der Waals surface area contributed by atoms with Crippen molar-refractivity contribution in [2.75, 3.05) is 6.54 Å². The second-order valence-corrected chi connectivity index (χ2v) is 8.10. The van der Waals surface area contributed by atoms with Crippen LogP contribution in [0.2, 0.25) is 0 Å². The van der Waals surface area contributed by atoms with Gasteiger partial charge in [-0.05, 0) is 94.4 Å². The minimum Gasteiger partial charge on any atom is -0.372 e. The second kappa shape index (κ2) is 4.73. The highest BCUT2D eigenvalue weighted by atomic mass is 16.5. The van der Waals surface area contributed by atoms with Gasteiger partial charge in [-0.2, -0.15) is 0 Å². The van der Waals surface area contributed by atoms with E-state index in [1.807, 2.05) is 0 Å². The summed E-state index contributed by atoms with van der Waals surface area (Å²) in [6.07, 6.45) is 14.4. The summed E-state index contributed by atoms with van der Waals surface area (Å²) in [6.45, 7) is 0.879. The molecule has 5 aliphatic rings. The predicted octanol–water partition coefficient (Wildman–Crippen LogP) is 3.49. The lowest BCUT2D eigenvalue weighted by molar-refractivity contribution is -0.194. The topological polar surface area (TPSA) is 35.2 Å². The van der Waals surface area contributed by atoms with Crippen molar-refractivity contribution in [2.24, 2.45) is 29.4 Å². The molecule has 5 aliphatic carbocycles. The highest BCUT2D eigenvalue weighted by molar-refractivity contribution is 5.03. The van der Waals surface area contributed by atoms with Crippen LogP contribution in [0, 0.1) is 23.7 Å². The van der Waals surface area contributed by atoms with E-state index in [0.29, 0.717) is 11.7 Å². The van der Waals surface area contributed by atoms with Crippen LogP contribution in [0.15, 0.2) is 0 Å². The average Bonchev–Trinajstić information content (AvgIpc) is 2.37. The summed E-state index contributed by atoms with van der Waals surface area (Å²) >= 11 is 0. The summed E-state index contributed by atoms with van der Waals surface area (Å²) in [7, 11) is 0. The minimum absolute atomic E-state index is 0.314. The third kappa shape index (κ3) is 2.35. The molecule has 2 heteroatoms. The molecule has 19 heavy (non-hydrogen) atoms. The van der Waals surface area contributed by atoms with E-state index in [2.05, 4.69) is 0 Å². The van der Waals surface area contributed by atoms with Crippen LogP contribution in [0.1, 0.15) is 64.2 Å². The normalized spacial score (nSPS) is 52.6. The van der Waals surface area contributed by atoms with Crippen LogP contribution in [0.25, 0.3) is 0 Å². The molecule has 0 unspecified atom stereocenters. The molecule has 4 bridgehead atoms. The van der Waals surface area contributed by atoms with Gasteiger partial charge in [0.05, 0.1) is 11.7 Å². The van der Waals surface area contributed by atoms with E-state index >= 15 is 0 Å². The van der Waals surface area contributed by atoms with Gasteiger partial charge in [0.25, 0.3) is 0 Å². The third-order valence-electron chi connectivity index (χ3n) is 6.53. The van der Waals surface area contributed by atoms with E-state index in [-0.39, 0.29) is 0 Å². The molecule has 0 aliphatic heterocycles. The van der Waals surface area contributed by atoms with Gasteiger partial charge in [0, 0.05) is 0 Å². The molecule has 0 aromatic carbocycles. The number of rotatable bonds is 3. The van der Waals surface area contributed by atoms with Gasteiger partial charge >= 0.3 is 0 Å². The van der Waals surface area contributed by atoms with Gasteiger partial charge in [-0.3, -0.25) is 0 Å². The van der Waals surface area contributed by atoms with Crippen LogP contribution >= 0.6 is 0 Å². The summed E-state index contributed by atoms with van der Waals surface area (Å²) in [5.74, 6) is 3.79. The molecule has 2 N–H and O–H groups in total. The summed E-state index contributed by atoms with van der Waals surface area (Å²) in [4.78, 5) is 0. The minimum atomic E-state index is 0.314. The summed E-state index contributed by atoms with van der Waals surface area (Å²) in [5.41, 5.74) is 6.11. The molecule has 108 valence electrons. The van der Waals surface area contributed by atoms with E-state index in [4.69, 9.17) is 10.5 Å². The van der Waals surface area contributed by atoms with Gasteiger partial charge in [-0.25, -0.2) is 0 Å². The lowest BCUT2D eigenvalue weighted by Crippen LogP contribution is -2.53. The highest BCUT2D eigenvalue weighted by Gasteiger charge is 2.52. The SMILES string of the molecule is NCC1CCC(OC23CC4CC(CC(C4)C2)C3)CC1. The Morgan fingerprint density at radius 3 is 1.84 bits per heavy atom. The van der Waals surface area contributed by atoms with Crippen molar-refractivity contribution in [2.45, 2.75) is 75.9 Å². The smallest absolute Gasteiger partial charge is 0.0694 e. The molecule has 0 aromatic rings. The first kappa shape index (κ1) is 12.6. The lowest BCUT2D eigenvalue weighted by atomic mass is 9.54. The van der Waals surface area contributed by atoms with Crippen molar-refractivity contribution in [1.82, 2.24) is 0 Å². The fourth-order valence-electron chi connectivity index (χ4n) is 6.01. The molecular formula is C17H29NO. The fourth-order valence-corrected chi connectivity index (χ4v) is 6.01. The zero-order valence-corrected chi connectivity index (χ0v) is 12.2. The first-order valence-corrected chi connectivity index (χ1v) is 8.62. The molecule has 0 aromatic heterocycles. The van der Waals surface area contributed by atoms with E-state index < -0.39 is 0 Å². The van der Waals surface area contributed by atoms with E-state index in [0.717, 1.165) is 30.2 Å². The lowest BCUT2D eigenvalue weighted by Gasteiger charge is -2.57. The molecule has 0 spiro atoms. The number of ether oxygens (including phenoxy) is 1. The molecule has 0 radical (unpaired) electrons. The Morgan fingerprint density at radius 1 is 0.842 bits per heavy atom. The maximum atomic E-state index is 6.74. The van der Waals surface area contributed by atoms with Crippen LogP contribution < -0.4 is 5.73 Å². The van der Waals surface area contributed by atoms with Crippen LogP contribution in [0.4, 0.5) is 0 Å². The van der Waals surface area contributed by atoms with Crippen LogP contribution in [0.5, 0.6) is 0 Å². The standard InChI is InChI=1S/C17H29NO/c18-11-12-1-3-16(4-2-12)19-17-8-13-5-14(9-17)7-15(6-13)10-17/h12-16H,1-11,18H2. The third-order valence-corrected chi connectivity index (χ3v) is 6.53. The number of nitrogens with two attached hydrogens (primary N) is 1. The Bertz CT molecular complexity index is 297. The first-order chi connectivity index (χ1) is 9.25. The molecule has 5 saturated carbocycles. The van der Waals surface area contributed by atoms with Gasteiger partial charge in [0.15, 0.2) is 0 Å². The zero-order chi connectivity index (χ0) is 12.9. The molecule has 5 rings (SSSR count). The van der Waals surface area contributed by atoms with Gasteiger partial charge in [-0.1, -0.05) is 0 Å². The van der Waals surface area contributed by atoms with Crippen molar-refractivity contribution in [3.63, 3.8) is 0 Å². The number of hydrogen-bond acceptors (Lipinski definition) is 2. The zero-order valence-electron chi connectivity index (χ0n) is 12.2. The van der Waals surface area contributed by atoms with E-state index in [1.165, 1.54) is 64.2 Å². The van der Waals surface area contributed by atoms with Gasteiger partial charge in [0.2, 0.25) is 0 Å². The van der Waals surface area contributed by atoms with Gasteiger partial charge in [-0.15, -0.1) is 0 Å². The van der Waals surface area contributed by atoms with Crippen molar-refractivity contribution in [1.29, 1.82) is 0 Å². The van der Waals surface area contributed by atoms with Crippen LogP contribution in [0.3, 0.4) is 0 Å². The number of hydrogen-bond donors (Lipinski definition) is 1. The summed E-state index contributed by atoms with van der Waals surface area (Å²) in [5, 5.41) is 0. The first-order valence-electron chi connectivity index (χ1n) is 8.62. The molecule has 0 amide bonds. The Kier molecular flexibility index (Phi) is 3.15. The van der Waals surface area contributed by atoms with Gasteiger partial charge in [0.1, 0.15) is 0 Å². The van der Waals surface area contributed by atoms with Gasteiger partial charge < -0.3 is 10.5 Å². The average molecular weight is 263 g/mol. The Labute approximate surface area is 117 Å². The van der Waals surface area contributed by atoms with Crippen molar-refractivity contribution in [3.8, 4) is 0 Å². The summed E-state index contributed by atoms with van der Waals surface area (Å²) < 4.78 is 6.74. The molecule has 0 atom stereocenters. The maximum absolute atomic E-state index is 6.74. The molecule has 0 heterocycles. The monoisotopic (exact) mass is 263 g/mol. The quantitative estimate of drug-likeness (QED) is 0.846. The predicted molar refractivity (Wildman–Crippen MR) is 76.8 cm³/mol. The van der Waals surface area contributed by atoms with Crippen molar-refractivity contribution in [3.05, 3.63) is 0 Å². The fraction of sp³-hybridized carbons (Fsp3) is 1.00. The van der Waals surface area contributed by atoms with E-state index in [9.17, 15) is 0 Å². The second-order valence-electron chi connectivity index (χ2n) is 8.10.